The molecule has 1 amide bonds. The maximum absolute atomic E-state index is 12.8. The van der Waals surface area contributed by atoms with E-state index in [9.17, 15) is 4.79 Å². The summed E-state index contributed by atoms with van der Waals surface area (Å²) in [6.45, 7) is 5.19. The van der Waals surface area contributed by atoms with Crippen molar-refractivity contribution in [3.8, 4) is 16.9 Å². The van der Waals surface area contributed by atoms with E-state index in [1.807, 2.05) is 35.2 Å². The summed E-state index contributed by atoms with van der Waals surface area (Å²) in [4.78, 5) is 21.4. The van der Waals surface area contributed by atoms with Gasteiger partial charge in [0.05, 0.1) is 13.3 Å². The molecule has 0 saturated carbocycles. The zero-order valence-electron chi connectivity index (χ0n) is 16.1. The van der Waals surface area contributed by atoms with Crippen molar-refractivity contribution < 1.29 is 9.53 Å². The van der Waals surface area contributed by atoms with Gasteiger partial charge in [-0.25, -0.2) is 0 Å². The molecule has 4 rings (SSSR count). The second kappa shape index (κ2) is 7.69. The molecule has 5 nitrogen and oxygen atoms in total. The van der Waals surface area contributed by atoms with Gasteiger partial charge < -0.3 is 9.64 Å². The minimum Gasteiger partial charge on any atom is -0.494 e. The average Bonchev–Trinajstić information content (AvgIpc) is 2.68. The molecule has 2 aliphatic rings. The van der Waals surface area contributed by atoms with E-state index in [2.05, 4.69) is 16.8 Å². The monoisotopic (exact) mass is 365 g/mol. The number of pyridine rings is 1. The molecule has 1 aromatic heterocycles. The van der Waals surface area contributed by atoms with Gasteiger partial charge >= 0.3 is 0 Å². The van der Waals surface area contributed by atoms with E-state index in [-0.39, 0.29) is 5.91 Å². The number of aromatic nitrogens is 1. The molecule has 0 N–H and O–H groups in total. The van der Waals surface area contributed by atoms with Crippen LogP contribution in [-0.4, -0.2) is 59.5 Å². The van der Waals surface area contributed by atoms with Crippen LogP contribution in [0.25, 0.3) is 11.1 Å². The molecular weight excluding hydrogens is 338 g/mol. The fraction of sp³-hybridized carbons (Fsp3) is 0.455. The molecule has 2 fully saturated rings. The van der Waals surface area contributed by atoms with Crippen LogP contribution in [0.4, 0.5) is 0 Å². The number of hydrogen-bond donors (Lipinski definition) is 0. The number of hydrogen-bond acceptors (Lipinski definition) is 4. The molecule has 5 heteroatoms. The Morgan fingerprint density at radius 1 is 1.15 bits per heavy atom. The Morgan fingerprint density at radius 3 is 2.63 bits per heavy atom. The topological polar surface area (TPSA) is 45.7 Å². The first-order valence-corrected chi connectivity index (χ1v) is 9.81. The molecule has 0 aliphatic carbocycles. The molecule has 2 aliphatic heterocycles. The van der Waals surface area contributed by atoms with Crippen LogP contribution in [0.3, 0.4) is 0 Å². The lowest BCUT2D eigenvalue weighted by Gasteiger charge is -2.49. The van der Waals surface area contributed by atoms with Crippen molar-refractivity contribution in [2.75, 3.05) is 26.7 Å². The lowest BCUT2D eigenvalue weighted by molar-refractivity contribution is 0.00213. The fourth-order valence-corrected chi connectivity index (χ4v) is 4.25. The highest BCUT2D eigenvalue weighted by Crippen LogP contribution is 2.30. The van der Waals surface area contributed by atoms with Crippen molar-refractivity contribution in [2.24, 2.45) is 0 Å². The van der Waals surface area contributed by atoms with Gasteiger partial charge in [-0.05, 0) is 50.1 Å². The van der Waals surface area contributed by atoms with Gasteiger partial charge in [0, 0.05) is 42.5 Å². The molecule has 142 valence electrons. The van der Waals surface area contributed by atoms with Gasteiger partial charge in [0.15, 0.2) is 0 Å². The van der Waals surface area contributed by atoms with Gasteiger partial charge in [-0.1, -0.05) is 18.6 Å². The number of likely N-dealkylation sites (tertiary alicyclic amines) is 2. The van der Waals surface area contributed by atoms with Gasteiger partial charge in [0.1, 0.15) is 5.75 Å². The van der Waals surface area contributed by atoms with Crippen molar-refractivity contribution in [1.29, 1.82) is 0 Å². The molecule has 2 saturated heterocycles. The predicted molar refractivity (Wildman–Crippen MR) is 106 cm³/mol. The Kier molecular flexibility index (Phi) is 5.12. The number of rotatable bonds is 4. The number of nitrogens with zero attached hydrogens (tertiary/aromatic N) is 3. The number of carbonyl (C=O) groups is 1. The number of methoxy groups -OCH3 is 1. The summed E-state index contributed by atoms with van der Waals surface area (Å²) in [5.74, 6) is 0.863. The van der Waals surface area contributed by atoms with Gasteiger partial charge in [0.25, 0.3) is 5.91 Å². The van der Waals surface area contributed by atoms with Gasteiger partial charge in [-0.15, -0.1) is 0 Å². The number of benzene rings is 1. The Hall–Kier alpha value is -2.40. The van der Waals surface area contributed by atoms with Crippen molar-refractivity contribution in [3.05, 3.63) is 48.3 Å². The number of piperidine rings is 1. The van der Waals surface area contributed by atoms with Crippen LogP contribution in [0.5, 0.6) is 5.75 Å². The Morgan fingerprint density at radius 2 is 1.93 bits per heavy atom. The largest absolute Gasteiger partial charge is 0.494 e. The molecule has 1 aromatic carbocycles. The highest BCUT2D eigenvalue weighted by Gasteiger charge is 2.37. The maximum atomic E-state index is 12.8. The van der Waals surface area contributed by atoms with Crippen LogP contribution >= 0.6 is 0 Å². The third-order valence-corrected chi connectivity index (χ3v) is 5.92. The predicted octanol–water partition coefficient (Wildman–Crippen LogP) is 3.46. The zero-order valence-corrected chi connectivity index (χ0v) is 16.1. The molecule has 27 heavy (non-hydrogen) atoms. The standard InChI is InChI=1S/C22H27N3O2/c1-16-5-3-4-12-25(16)19-14-24(15-19)22(26)18-8-6-17(7-9-18)20-10-11-23-13-21(20)27-2/h6-11,13,16,19H,3-5,12,14-15H2,1-2H3. The highest BCUT2D eigenvalue weighted by atomic mass is 16.5. The summed E-state index contributed by atoms with van der Waals surface area (Å²) in [6, 6.07) is 10.9. The first-order chi connectivity index (χ1) is 13.2. The van der Waals surface area contributed by atoms with E-state index in [1.54, 1.807) is 19.5 Å². The van der Waals surface area contributed by atoms with E-state index in [0.717, 1.165) is 35.5 Å². The fourth-order valence-electron chi connectivity index (χ4n) is 4.25. The summed E-state index contributed by atoms with van der Waals surface area (Å²) in [5.41, 5.74) is 2.75. The van der Waals surface area contributed by atoms with E-state index < -0.39 is 0 Å². The third-order valence-electron chi connectivity index (χ3n) is 5.92. The van der Waals surface area contributed by atoms with Crippen LogP contribution in [0.1, 0.15) is 36.5 Å². The van der Waals surface area contributed by atoms with Crippen molar-refractivity contribution >= 4 is 5.91 Å². The van der Waals surface area contributed by atoms with Crippen LogP contribution in [-0.2, 0) is 0 Å². The summed E-state index contributed by atoms with van der Waals surface area (Å²) in [7, 11) is 1.64. The Labute approximate surface area is 161 Å². The summed E-state index contributed by atoms with van der Waals surface area (Å²) in [5, 5.41) is 0. The minimum absolute atomic E-state index is 0.129. The molecule has 3 heterocycles. The second-order valence-electron chi connectivity index (χ2n) is 7.60. The average molecular weight is 365 g/mol. The molecule has 0 radical (unpaired) electrons. The van der Waals surface area contributed by atoms with E-state index in [0.29, 0.717) is 12.1 Å². The molecular formula is C22H27N3O2. The van der Waals surface area contributed by atoms with E-state index in [4.69, 9.17) is 4.74 Å². The number of amides is 1. The first-order valence-electron chi connectivity index (χ1n) is 9.81. The van der Waals surface area contributed by atoms with Gasteiger partial charge in [0.2, 0.25) is 0 Å². The molecule has 2 aromatic rings. The first kappa shape index (κ1) is 18.0. The minimum atomic E-state index is 0.129. The van der Waals surface area contributed by atoms with Crippen molar-refractivity contribution in [2.45, 2.75) is 38.3 Å². The lowest BCUT2D eigenvalue weighted by atomic mass is 9.96. The number of carbonyl (C=O) groups excluding carboxylic acids is 1. The highest BCUT2D eigenvalue weighted by molar-refractivity contribution is 5.95. The van der Waals surface area contributed by atoms with Crippen LogP contribution < -0.4 is 4.74 Å². The van der Waals surface area contributed by atoms with Crippen LogP contribution in [0.2, 0.25) is 0 Å². The Bertz CT molecular complexity index is 799. The van der Waals surface area contributed by atoms with Crippen molar-refractivity contribution in [3.63, 3.8) is 0 Å². The molecule has 1 atom stereocenters. The SMILES string of the molecule is COc1cnccc1-c1ccc(C(=O)N2CC(N3CCCCC3C)C2)cc1. The van der Waals surface area contributed by atoms with Crippen LogP contribution in [0.15, 0.2) is 42.7 Å². The lowest BCUT2D eigenvalue weighted by Crippen LogP contribution is -2.63. The summed E-state index contributed by atoms with van der Waals surface area (Å²) < 4.78 is 5.38. The number of ether oxygens (including phenoxy) is 1. The van der Waals surface area contributed by atoms with Gasteiger partial charge in [-0.3, -0.25) is 14.7 Å². The Balaban J connectivity index is 1.40. The normalized spacial score (nSPS) is 21.0. The molecule has 1 unspecified atom stereocenters. The molecule has 0 spiro atoms. The summed E-state index contributed by atoms with van der Waals surface area (Å²) in [6.07, 6.45) is 7.36. The van der Waals surface area contributed by atoms with E-state index in [1.165, 1.54) is 25.8 Å². The maximum Gasteiger partial charge on any atom is 0.253 e. The summed E-state index contributed by atoms with van der Waals surface area (Å²) >= 11 is 0. The zero-order chi connectivity index (χ0) is 18.8. The van der Waals surface area contributed by atoms with Crippen LogP contribution in [0, 0.1) is 0 Å². The second-order valence-corrected chi connectivity index (χ2v) is 7.60. The van der Waals surface area contributed by atoms with Crippen molar-refractivity contribution in [1.82, 2.24) is 14.8 Å². The van der Waals surface area contributed by atoms with Gasteiger partial charge in [-0.2, -0.15) is 0 Å². The van der Waals surface area contributed by atoms with E-state index >= 15 is 0 Å². The quantitative estimate of drug-likeness (QED) is 0.832. The molecule has 0 bridgehead atoms. The smallest absolute Gasteiger partial charge is 0.253 e. The third kappa shape index (κ3) is 3.56.